The minimum atomic E-state index is -3.57. The Morgan fingerprint density at radius 2 is 2.19 bits per heavy atom. The molecule has 114 valence electrons. The van der Waals surface area contributed by atoms with Gasteiger partial charge in [0, 0.05) is 32.0 Å². The molecule has 0 unspecified atom stereocenters. The van der Waals surface area contributed by atoms with E-state index in [9.17, 15) is 8.42 Å². The van der Waals surface area contributed by atoms with E-state index in [0.717, 1.165) is 25.0 Å². The van der Waals surface area contributed by atoms with E-state index in [1.807, 2.05) is 16.8 Å². The van der Waals surface area contributed by atoms with Gasteiger partial charge in [-0.1, -0.05) is 0 Å². The predicted molar refractivity (Wildman–Crippen MR) is 81.4 cm³/mol. The second-order valence-corrected chi connectivity index (χ2v) is 6.89. The van der Waals surface area contributed by atoms with E-state index in [1.165, 1.54) is 11.3 Å². The highest BCUT2D eigenvalue weighted by molar-refractivity contribution is 7.87. The van der Waals surface area contributed by atoms with Crippen LogP contribution in [0, 0.1) is 12.8 Å². The van der Waals surface area contributed by atoms with Crippen LogP contribution in [0.4, 0.5) is 5.69 Å². The van der Waals surface area contributed by atoms with E-state index in [2.05, 4.69) is 27.7 Å². The highest BCUT2D eigenvalue weighted by atomic mass is 32.2. The van der Waals surface area contributed by atoms with Gasteiger partial charge in [0.25, 0.3) is 10.2 Å². The second-order valence-electron chi connectivity index (χ2n) is 5.51. The van der Waals surface area contributed by atoms with Crippen molar-refractivity contribution in [3.05, 3.63) is 30.1 Å². The van der Waals surface area contributed by atoms with Crippen molar-refractivity contribution in [2.24, 2.45) is 11.1 Å². The predicted octanol–water partition coefficient (Wildman–Crippen LogP) is 0.262. The lowest BCUT2D eigenvalue weighted by Gasteiger charge is -2.41. The summed E-state index contributed by atoms with van der Waals surface area (Å²) in [5.41, 5.74) is 3.53. The summed E-state index contributed by atoms with van der Waals surface area (Å²) in [6.45, 7) is 4.33. The van der Waals surface area contributed by atoms with Gasteiger partial charge in [0.1, 0.15) is 0 Å². The van der Waals surface area contributed by atoms with Gasteiger partial charge in [0.05, 0.1) is 11.2 Å². The van der Waals surface area contributed by atoms with E-state index in [4.69, 9.17) is 5.14 Å². The van der Waals surface area contributed by atoms with Gasteiger partial charge in [0.2, 0.25) is 0 Å². The van der Waals surface area contributed by atoms with Crippen molar-refractivity contribution in [3.8, 4) is 0 Å². The molecule has 0 aromatic carbocycles. The Bertz CT molecular complexity index is 749. The van der Waals surface area contributed by atoms with E-state index in [1.54, 1.807) is 6.20 Å². The molecule has 2 aromatic rings. The molecular weight excluding hydrogens is 290 g/mol. The molecule has 1 aliphatic heterocycles. The lowest BCUT2D eigenvalue weighted by atomic mass is 9.95. The summed E-state index contributed by atoms with van der Waals surface area (Å²) < 4.78 is 25.8. The molecule has 1 fully saturated rings. The Labute approximate surface area is 123 Å². The summed E-state index contributed by atoms with van der Waals surface area (Å²) >= 11 is 0. The Morgan fingerprint density at radius 3 is 2.90 bits per heavy atom. The molecular formula is C13H19N5O2S. The Balaban J connectivity index is 1.62. The van der Waals surface area contributed by atoms with Gasteiger partial charge in [-0.3, -0.25) is 0 Å². The monoisotopic (exact) mass is 309 g/mol. The van der Waals surface area contributed by atoms with Crippen molar-refractivity contribution in [2.45, 2.75) is 13.3 Å². The lowest BCUT2D eigenvalue weighted by molar-refractivity contribution is 0.384. The van der Waals surface area contributed by atoms with Crippen molar-refractivity contribution in [1.82, 2.24) is 14.3 Å². The highest BCUT2D eigenvalue weighted by Crippen LogP contribution is 2.31. The average molecular weight is 309 g/mol. The number of aromatic nitrogens is 2. The van der Waals surface area contributed by atoms with Gasteiger partial charge >= 0.3 is 0 Å². The van der Waals surface area contributed by atoms with Crippen LogP contribution in [0.5, 0.6) is 0 Å². The maximum absolute atomic E-state index is 10.8. The number of nitrogens with two attached hydrogens (primary N) is 1. The first kappa shape index (κ1) is 14.3. The number of rotatable bonds is 5. The fourth-order valence-electron chi connectivity index (χ4n) is 2.80. The van der Waals surface area contributed by atoms with Crippen LogP contribution in [0.1, 0.15) is 12.0 Å². The first-order chi connectivity index (χ1) is 9.94. The fourth-order valence-corrected chi connectivity index (χ4v) is 3.20. The molecule has 0 bridgehead atoms. The zero-order chi connectivity index (χ0) is 15.0. The molecule has 0 saturated carbocycles. The van der Waals surface area contributed by atoms with Gasteiger partial charge in [0.15, 0.2) is 0 Å². The van der Waals surface area contributed by atoms with E-state index in [-0.39, 0.29) is 0 Å². The van der Waals surface area contributed by atoms with Crippen molar-refractivity contribution in [1.29, 1.82) is 0 Å². The van der Waals surface area contributed by atoms with E-state index >= 15 is 0 Å². The van der Waals surface area contributed by atoms with Crippen LogP contribution in [0.3, 0.4) is 0 Å². The third-order valence-electron chi connectivity index (χ3n) is 3.89. The minimum Gasteiger partial charge on any atom is -0.369 e. The van der Waals surface area contributed by atoms with Gasteiger partial charge in [-0.15, -0.1) is 0 Å². The molecule has 21 heavy (non-hydrogen) atoms. The average Bonchev–Trinajstić information content (AvgIpc) is 2.73. The third-order valence-corrected chi connectivity index (χ3v) is 4.49. The van der Waals surface area contributed by atoms with Crippen LogP contribution in [0.15, 0.2) is 24.5 Å². The number of anilines is 1. The smallest absolute Gasteiger partial charge is 0.274 e. The molecule has 8 heteroatoms. The topological polar surface area (TPSA) is 92.7 Å². The van der Waals surface area contributed by atoms with Crippen molar-refractivity contribution in [3.63, 3.8) is 0 Å². The molecule has 1 saturated heterocycles. The van der Waals surface area contributed by atoms with Gasteiger partial charge < -0.3 is 4.90 Å². The third kappa shape index (κ3) is 3.02. The molecule has 1 aliphatic rings. The maximum atomic E-state index is 10.8. The van der Waals surface area contributed by atoms with Gasteiger partial charge in [-0.2, -0.15) is 13.5 Å². The summed E-state index contributed by atoms with van der Waals surface area (Å²) in [7, 11) is -3.57. The molecule has 7 nitrogen and oxygen atoms in total. The molecule has 0 aliphatic carbocycles. The Morgan fingerprint density at radius 1 is 1.43 bits per heavy atom. The molecule has 3 rings (SSSR count). The molecule has 2 aromatic heterocycles. The van der Waals surface area contributed by atoms with Gasteiger partial charge in [-0.05, 0) is 37.0 Å². The second kappa shape index (κ2) is 5.28. The minimum absolute atomic E-state index is 0.396. The summed E-state index contributed by atoms with van der Waals surface area (Å²) in [6, 6.07) is 4.08. The number of hydrogen-bond acceptors (Lipinski definition) is 4. The standard InChI is InChI=1S/C13H19N5O2S/c1-10-4-7-18-13(10)12(3-5-15-18)17-8-11(9-17)2-6-16-21(14,19)20/h3-5,7,11,16H,2,6,8-9H2,1H3,(H2,14,19,20). The zero-order valence-corrected chi connectivity index (χ0v) is 12.7. The number of nitrogens with zero attached hydrogens (tertiary/aromatic N) is 3. The molecule has 3 N–H and O–H groups in total. The SMILES string of the molecule is Cc1ccn2nccc(N3CC(CCNS(N)(=O)=O)C3)c12. The summed E-state index contributed by atoms with van der Waals surface area (Å²) in [5.74, 6) is 0.489. The summed E-state index contributed by atoms with van der Waals surface area (Å²) in [6.07, 6.45) is 4.56. The molecule has 0 atom stereocenters. The van der Waals surface area contributed by atoms with Crippen LogP contribution >= 0.6 is 0 Å². The summed E-state index contributed by atoms with van der Waals surface area (Å²) in [4.78, 5) is 2.30. The Hall–Kier alpha value is -1.64. The molecule has 0 amide bonds. The van der Waals surface area contributed by atoms with Crippen molar-refractivity contribution >= 4 is 21.4 Å². The Kier molecular flexibility index (Phi) is 3.60. The maximum Gasteiger partial charge on any atom is 0.274 e. The molecule has 3 heterocycles. The van der Waals surface area contributed by atoms with Crippen molar-refractivity contribution < 1.29 is 8.42 Å². The van der Waals surface area contributed by atoms with Crippen molar-refractivity contribution in [2.75, 3.05) is 24.5 Å². The number of nitrogens with one attached hydrogen (secondary N) is 1. The zero-order valence-electron chi connectivity index (χ0n) is 11.9. The fraction of sp³-hybridized carbons (Fsp3) is 0.462. The van der Waals surface area contributed by atoms with Crippen LogP contribution < -0.4 is 14.8 Å². The van der Waals surface area contributed by atoms with Crippen LogP contribution in [-0.4, -0.2) is 37.7 Å². The van der Waals surface area contributed by atoms with Crippen LogP contribution in [0.2, 0.25) is 0 Å². The summed E-state index contributed by atoms with van der Waals surface area (Å²) in [5, 5.41) is 9.21. The number of aryl methyl sites for hydroxylation is 1. The quantitative estimate of drug-likeness (QED) is 0.829. The lowest BCUT2D eigenvalue weighted by Crippen LogP contribution is -2.48. The number of hydrogen-bond donors (Lipinski definition) is 2. The van der Waals surface area contributed by atoms with Crippen LogP contribution in [-0.2, 0) is 10.2 Å². The van der Waals surface area contributed by atoms with Crippen LogP contribution in [0.25, 0.3) is 5.52 Å². The first-order valence-corrected chi connectivity index (χ1v) is 8.44. The van der Waals surface area contributed by atoms with Gasteiger partial charge in [-0.25, -0.2) is 14.4 Å². The van der Waals surface area contributed by atoms with E-state index in [0.29, 0.717) is 12.5 Å². The highest BCUT2D eigenvalue weighted by Gasteiger charge is 2.28. The molecule has 0 radical (unpaired) electrons. The normalized spacial score (nSPS) is 16.4. The molecule has 0 spiro atoms. The largest absolute Gasteiger partial charge is 0.369 e. The number of fused-ring (bicyclic) bond motifs is 1. The first-order valence-electron chi connectivity index (χ1n) is 6.89. The van der Waals surface area contributed by atoms with E-state index < -0.39 is 10.2 Å².